The van der Waals surface area contributed by atoms with Crippen LogP contribution in [0.25, 0.3) is 11.3 Å². The predicted molar refractivity (Wildman–Crippen MR) is 95.5 cm³/mol. The number of benzene rings is 2. The van der Waals surface area contributed by atoms with E-state index in [1.54, 1.807) is 6.07 Å². The topological polar surface area (TPSA) is 49.0 Å². The summed E-state index contributed by atoms with van der Waals surface area (Å²) in [6, 6.07) is 17.3. The van der Waals surface area contributed by atoms with Crippen LogP contribution >= 0.6 is 11.6 Å². The Hall–Kier alpha value is -2.59. The third-order valence-corrected chi connectivity index (χ3v) is 4.56. The summed E-state index contributed by atoms with van der Waals surface area (Å²) in [4.78, 5) is 14.7. The Bertz CT molecular complexity index is 886. The van der Waals surface area contributed by atoms with Gasteiger partial charge in [0.25, 0.3) is 5.91 Å². The predicted octanol–water partition coefficient (Wildman–Crippen LogP) is 4.32. The lowest BCUT2D eigenvalue weighted by Crippen LogP contribution is -2.35. The molecule has 0 saturated carbocycles. The third kappa shape index (κ3) is 2.69. The number of aromatic amines is 1. The highest BCUT2D eigenvalue weighted by atomic mass is 35.5. The molecule has 0 unspecified atom stereocenters. The molecule has 1 aliphatic heterocycles. The number of aromatic nitrogens is 2. The van der Waals surface area contributed by atoms with Crippen LogP contribution in [0.3, 0.4) is 0 Å². The standard InChI is InChI=1S/C19H16ClN3O/c20-15-9-7-13(8-10-15)16-12-17(22-21-16)19(24)23-11-3-5-14-4-1-2-6-18(14)23/h1-2,4,6-10,12H,3,5,11H2,(H,21,22). The summed E-state index contributed by atoms with van der Waals surface area (Å²) in [7, 11) is 0. The fraction of sp³-hybridized carbons (Fsp3) is 0.158. The quantitative estimate of drug-likeness (QED) is 0.757. The lowest BCUT2D eigenvalue weighted by Gasteiger charge is -2.28. The Morgan fingerprint density at radius 1 is 1.12 bits per heavy atom. The van der Waals surface area contributed by atoms with Crippen molar-refractivity contribution >= 4 is 23.2 Å². The van der Waals surface area contributed by atoms with E-state index >= 15 is 0 Å². The maximum absolute atomic E-state index is 12.9. The lowest BCUT2D eigenvalue weighted by molar-refractivity contribution is 0.0980. The van der Waals surface area contributed by atoms with E-state index in [1.165, 1.54) is 5.56 Å². The zero-order valence-electron chi connectivity index (χ0n) is 13.0. The molecular weight excluding hydrogens is 322 g/mol. The molecule has 0 fully saturated rings. The summed E-state index contributed by atoms with van der Waals surface area (Å²) < 4.78 is 0. The van der Waals surface area contributed by atoms with Crippen LogP contribution < -0.4 is 4.90 Å². The lowest BCUT2D eigenvalue weighted by atomic mass is 10.0. The summed E-state index contributed by atoms with van der Waals surface area (Å²) in [6.07, 6.45) is 1.99. The van der Waals surface area contributed by atoms with Crippen molar-refractivity contribution in [2.24, 2.45) is 0 Å². The number of H-pyrrole nitrogens is 1. The number of aryl methyl sites for hydroxylation is 1. The zero-order chi connectivity index (χ0) is 16.5. The number of halogens is 1. The zero-order valence-corrected chi connectivity index (χ0v) is 13.8. The first-order valence-electron chi connectivity index (χ1n) is 7.93. The summed E-state index contributed by atoms with van der Waals surface area (Å²) >= 11 is 5.92. The van der Waals surface area contributed by atoms with Gasteiger partial charge in [0.05, 0.1) is 5.69 Å². The second-order valence-corrected chi connectivity index (χ2v) is 6.30. The monoisotopic (exact) mass is 337 g/mol. The average Bonchev–Trinajstić information content (AvgIpc) is 3.11. The average molecular weight is 338 g/mol. The fourth-order valence-electron chi connectivity index (χ4n) is 3.09. The van der Waals surface area contributed by atoms with Crippen molar-refractivity contribution in [3.8, 4) is 11.3 Å². The van der Waals surface area contributed by atoms with Crippen LogP contribution in [0.5, 0.6) is 0 Å². The summed E-state index contributed by atoms with van der Waals surface area (Å²) in [5, 5.41) is 7.82. The van der Waals surface area contributed by atoms with E-state index in [0.717, 1.165) is 36.3 Å². The van der Waals surface area contributed by atoms with Gasteiger partial charge in [0.1, 0.15) is 5.69 Å². The summed E-state index contributed by atoms with van der Waals surface area (Å²) in [6.45, 7) is 0.727. The molecule has 0 saturated heterocycles. The number of fused-ring (bicyclic) bond motifs is 1. The van der Waals surface area contributed by atoms with Gasteiger partial charge in [-0.25, -0.2) is 0 Å². The Morgan fingerprint density at radius 2 is 1.92 bits per heavy atom. The van der Waals surface area contributed by atoms with Crippen molar-refractivity contribution in [2.75, 3.05) is 11.4 Å². The number of anilines is 1. The van der Waals surface area contributed by atoms with E-state index in [9.17, 15) is 4.79 Å². The molecule has 4 nitrogen and oxygen atoms in total. The number of carbonyl (C=O) groups is 1. The van der Waals surface area contributed by atoms with Crippen LogP contribution in [-0.2, 0) is 6.42 Å². The Balaban J connectivity index is 1.63. The molecule has 4 rings (SSSR count). The molecule has 5 heteroatoms. The van der Waals surface area contributed by atoms with E-state index in [-0.39, 0.29) is 5.91 Å². The van der Waals surface area contributed by atoms with E-state index < -0.39 is 0 Å². The fourth-order valence-corrected chi connectivity index (χ4v) is 3.22. The number of rotatable bonds is 2. The first kappa shape index (κ1) is 15.0. The number of carbonyl (C=O) groups excluding carboxylic acids is 1. The second-order valence-electron chi connectivity index (χ2n) is 5.86. The molecule has 0 bridgehead atoms. The van der Waals surface area contributed by atoms with Crippen molar-refractivity contribution in [1.82, 2.24) is 10.2 Å². The number of para-hydroxylation sites is 1. The van der Waals surface area contributed by atoms with Crippen molar-refractivity contribution < 1.29 is 4.79 Å². The van der Waals surface area contributed by atoms with Gasteiger partial charge in [-0.05, 0) is 42.7 Å². The van der Waals surface area contributed by atoms with Crippen molar-refractivity contribution in [2.45, 2.75) is 12.8 Å². The van der Waals surface area contributed by atoms with Gasteiger partial charge in [0, 0.05) is 22.8 Å². The number of nitrogens with one attached hydrogen (secondary N) is 1. The Morgan fingerprint density at radius 3 is 2.75 bits per heavy atom. The SMILES string of the molecule is O=C(c1cc(-c2ccc(Cl)cc2)n[nH]1)N1CCCc2ccccc21. The molecule has 120 valence electrons. The molecular formula is C19H16ClN3O. The minimum absolute atomic E-state index is 0.0464. The van der Waals surface area contributed by atoms with Crippen LogP contribution in [0.4, 0.5) is 5.69 Å². The number of amides is 1. The van der Waals surface area contributed by atoms with Crippen LogP contribution in [0.1, 0.15) is 22.5 Å². The molecule has 0 radical (unpaired) electrons. The van der Waals surface area contributed by atoms with Crippen molar-refractivity contribution in [3.05, 3.63) is 70.9 Å². The smallest absolute Gasteiger partial charge is 0.276 e. The molecule has 0 aliphatic carbocycles. The third-order valence-electron chi connectivity index (χ3n) is 4.30. The van der Waals surface area contributed by atoms with E-state index in [0.29, 0.717) is 10.7 Å². The van der Waals surface area contributed by atoms with Gasteiger partial charge in [0.15, 0.2) is 0 Å². The van der Waals surface area contributed by atoms with Gasteiger partial charge in [-0.1, -0.05) is 41.9 Å². The molecule has 1 aromatic heterocycles. The van der Waals surface area contributed by atoms with Gasteiger partial charge < -0.3 is 4.90 Å². The molecule has 3 aromatic rings. The van der Waals surface area contributed by atoms with Crippen LogP contribution in [0, 0.1) is 0 Å². The normalized spacial score (nSPS) is 13.6. The molecule has 24 heavy (non-hydrogen) atoms. The van der Waals surface area contributed by atoms with Gasteiger partial charge >= 0.3 is 0 Å². The highest BCUT2D eigenvalue weighted by Crippen LogP contribution is 2.28. The van der Waals surface area contributed by atoms with Crippen LogP contribution in [0.2, 0.25) is 5.02 Å². The van der Waals surface area contributed by atoms with E-state index in [1.807, 2.05) is 47.4 Å². The van der Waals surface area contributed by atoms with Gasteiger partial charge in [-0.15, -0.1) is 0 Å². The molecule has 1 aliphatic rings. The molecule has 1 N–H and O–H groups in total. The van der Waals surface area contributed by atoms with Crippen LogP contribution in [-0.4, -0.2) is 22.6 Å². The number of hydrogen-bond donors (Lipinski definition) is 1. The number of nitrogens with zero attached hydrogens (tertiary/aromatic N) is 2. The van der Waals surface area contributed by atoms with Gasteiger partial charge in [-0.3, -0.25) is 9.89 Å². The van der Waals surface area contributed by atoms with Crippen molar-refractivity contribution in [3.63, 3.8) is 0 Å². The Labute approximate surface area is 145 Å². The highest BCUT2D eigenvalue weighted by molar-refractivity contribution is 6.30. The minimum Gasteiger partial charge on any atom is -0.307 e. The maximum Gasteiger partial charge on any atom is 0.276 e. The van der Waals surface area contributed by atoms with Gasteiger partial charge in [-0.2, -0.15) is 5.10 Å². The van der Waals surface area contributed by atoms with Gasteiger partial charge in [0.2, 0.25) is 0 Å². The molecule has 2 heterocycles. The first-order valence-corrected chi connectivity index (χ1v) is 8.31. The summed E-state index contributed by atoms with van der Waals surface area (Å²) in [5.41, 5.74) is 4.37. The molecule has 0 atom stereocenters. The summed E-state index contributed by atoms with van der Waals surface area (Å²) in [5.74, 6) is -0.0464. The second kappa shape index (κ2) is 6.13. The molecule has 2 aromatic carbocycles. The number of hydrogen-bond acceptors (Lipinski definition) is 2. The molecule has 1 amide bonds. The van der Waals surface area contributed by atoms with E-state index in [4.69, 9.17) is 11.6 Å². The van der Waals surface area contributed by atoms with Crippen LogP contribution in [0.15, 0.2) is 54.6 Å². The van der Waals surface area contributed by atoms with E-state index in [2.05, 4.69) is 16.3 Å². The highest BCUT2D eigenvalue weighted by Gasteiger charge is 2.24. The van der Waals surface area contributed by atoms with Crippen molar-refractivity contribution in [1.29, 1.82) is 0 Å². The maximum atomic E-state index is 12.9. The minimum atomic E-state index is -0.0464. The first-order chi connectivity index (χ1) is 11.7. The Kier molecular flexibility index (Phi) is 3.82. The molecule has 0 spiro atoms. The largest absolute Gasteiger partial charge is 0.307 e.